The Bertz CT molecular complexity index is 818. The van der Waals surface area contributed by atoms with Crippen molar-refractivity contribution in [2.45, 2.75) is 70.4 Å². The zero-order chi connectivity index (χ0) is 20.9. The summed E-state index contributed by atoms with van der Waals surface area (Å²) in [5.41, 5.74) is 0.956. The van der Waals surface area contributed by atoms with Crippen LogP contribution in [0.4, 0.5) is 0 Å². The monoisotopic (exact) mass is 412 g/mol. The molecule has 3 saturated carbocycles. The van der Waals surface area contributed by atoms with E-state index in [0.717, 1.165) is 38.0 Å². The second-order valence-corrected chi connectivity index (χ2v) is 10.8. The van der Waals surface area contributed by atoms with Gasteiger partial charge < -0.3 is 14.4 Å². The van der Waals surface area contributed by atoms with Crippen molar-refractivity contribution >= 4 is 5.78 Å². The summed E-state index contributed by atoms with van der Waals surface area (Å²) in [5.74, 6) is 3.31. The van der Waals surface area contributed by atoms with E-state index in [-0.39, 0.29) is 11.3 Å². The molecule has 4 aliphatic rings. The van der Waals surface area contributed by atoms with E-state index < -0.39 is 5.60 Å². The Morgan fingerprint density at radius 2 is 2.13 bits per heavy atom. The fourth-order valence-electron chi connectivity index (χ4n) is 7.96. The number of Topliss-reactive ketones (excluding diaryl/α,β-unsaturated/α-hetero) is 1. The average molecular weight is 413 g/mol. The molecule has 5 nitrogen and oxygen atoms in total. The second-order valence-electron chi connectivity index (χ2n) is 10.8. The predicted molar refractivity (Wildman–Crippen MR) is 115 cm³/mol. The van der Waals surface area contributed by atoms with Crippen LogP contribution in [-0.2, 0) is 16.1 Å². The topological polar surface area (TPSA) is 64.3 Å². The lowest BCUT2D eigenvalue weighted by atomic mass is 9.51. The Morgan fingerprint density at radius 3 is 2.90 bits per heavy atom. The quantitative estimate of drug-likeness (QED) is 0.742. The number of carbonyl (C=O) groups excluding carboxylic acids is 1. The second kappa shape index (κ2) is 7.59. The lowest BCUT2D eigenvalue weighted by molar-refractivity contribution is -0.129. The molecule has 0 radical (unpaired) electrons. The molecule has 1 aromatic rings. The molecule has 7 unspecified atom stereocenters. The molecule has 7 atom stereocenters. The van der Waals surface area contributed by atoms with Gasteiger partial charge in [-0.15, -0.1) is 0 Å². The summed E-state index contributed by atoms with van der Waals surface area (Å²) < 4.78 is 7.22. The number of hydrogen-bond donors (Lipinski definition) is 1. The van der Waals surface area contributed by atoms with E-state index in [4.69, 9.17) is 4.74 Å². The molecule has 30 heavy (non-hydrogen) atoms. The maximum absolute atomic E-state index is 13.2. The van der Waals surface area contributed by atoms with Gasteiger partial charge in [-0.1, -0.05) is 18.6 Å². The van der Waals surface area contributed by atoms with Crippen LogP contribution in [0.1, 0.15) is 58.3 Å². The highest BCUT2D eigenvalue weighted by atomic mass is 16.5. The summed E-state index contributed by atoms with van der Waals surface area (Å²) in [6.07, 6.45) is 16.3. The van der Waals surface area contributed by atoms with Gasteiger partial charge in [0.05, 0.1) is 25.1 Å². The number of fused-ring (bicyclic) bond motifs is 5. The van der Waals surface area contributed by atoms with E-state index in [1.165, 1.54) is 24.8 Å². The lowest BCUT2D eigenvalue weighted by Crippen LogP contribution is -2.49. The Balaban J connectivity index is 1.33. The number of carbonyl (C=O) groups is 1. The fraction of sp³-hybridized carbons (Fsp3) is 0.760. The van der Waals surface area contributed by atoms with Crippen molar-refractivity contribution in [3.8, 4) is 0 Å². The maximum atomic E-state index is 13.2. The van der Waals surface area contributed by atoms with Gasteiger partial charge >= 0.3 is 0 Å². The van der Waals surface area contributed by atoms with Gasteiger partial charge in [-0.2, -0.15) is 0 Å². The first-order valence-corrected chi connectivity index (χ1v) is 11.8. The van der Waals surface area contributed by atoms with Gasteiger partial charge in [0.25, 0.3) is 0 Å². The van der Waals surface area contributed by atoms with E-state index in [1.54, 1.807) is 19.6 Å². The highest BCUT2D eigenvalue weighted by Gasteiger charge is 2.57. The lowest BCUT2D eigenvalue weighted by Gasteiger charge is -2.54. The third-order valence-electron chi connectivity index (χ3n) is 9.29. The van der Waals surface area contributed by atoms with E-state index >= 15 is 0 Å². The number of hydrogen-bond acceptors (Lipinski definition) is 4. The van der Waals surface area contributed by atoms with E-state index in [9.17, 15) is 9.90 Å². The number of methoxy groups -OCH3 is 1. The molecule has 5 rings (SSSR count). The van der Waals surface area contributed by atoms with Gasteiger partial charge in [-0.05, 0) is 80.5 Å². The van der Waals surface area contributed by atoms with Gasteiger partial charge in [0.1, 0.15) is 0 Å². The molecule has 1 aromatic heterocycles. The number of ketones is 1. The van der Waals surface area contributed by atoms with Crippen LogP contribution in [0.5, 0.6) is 0 Å². The highest BCUT2D eigenvalue weighted by Crippen LogP contribution is 2.63. The summed E-state index contributed by atoms with van der Waals surface area (Å²) in [4.78, 5) is 17.3. The van der Waals surface area contributed by atoms with Crippen molar-refractivity contribution in [3.63, 3.8) is 0 Å². The van der Waals surface area contributed by atoms with Crippen molar-refractivity contribution < 1.29 is 14.6 Å². The van der Waals surface area contributed by atoms with E-state index in [2.05, 4.69) is 18.0 Å². The minimum atomic E-state index is -0.675. The Kier molecular flexibility index (Phi) is 5.18. The molecule has 1 heterocycles. The highest BCUT2D eigenvalue weighted by molar-refractivity contribution is 5.82. The van der Waals surface area contributed by atoms with Crippen molar-refractivity contribution in [1.29, 1.82) is 0 Å². The van der Waals surface area contributed by atoms with Gasteiger partial charge in [-0.3, -0.25) is 4.79 Å². The number of rotatable bonds is 5. The van der Waals surface area contributed by atoms with Crippen LogP contribution in [0.15, 0.2) is 30.4 Å². The molecule has 0 spiro atoms. The molecule has 0 aliphatic heterocycles. The molecule has 3 fully saturated rings. The van der Waals surface area contributed by atoms with Gasteiger partial charge in [0, 0.05) is 25.4 Å². The Morgan fingerprint density at radius 1 is 1.27 bits per heavy atom. The third-order valence-corrected chi connectivity index (χ3v) is 9.29. The minimum absolute atomic E-state index is 0.148. The van der Waals surface area contributed by atoms with Crippen LogP contribution >= 0.6 is 0 Å². The van der Waals surface area contributed by atoms with Crippen molar-refractivity contribution in [2.75, 3.05) is 13.7 Å². The maximum Gasteiger partial charge on any atom is 0.156 e. The predicted octanol–water partition coefficient (Wildman–Crippen LogP) is 4.02. The SMILES string of the molecule is COCC1(O)CCC2C(=CCC3C2CCC2(C)C(C(=O)Cn4ccnc4)CCC32)C1. The van der Waals surface area contributed by atoms with Crippen LogP contribution in [0, 0.1) is 35.0 Å². The molecule has 0 bridgehead atoms. The molecule has 0 saturated heterocycles. The van der Waals surface area contributed by atoms with Crippen LogP contribution in [0.2, 0.25) is 0 Å². The zero-order valence-electron chi connectivity index (χ0n) is 18.4. The third kappa shape index (κ3) is 3.29. The summed E-state index contributed by atoms with van der Waals surface area (Å²) >= 11 is 0. The summed E-state index contributed by atoms with van der Waals surface area (Å²) in [7, 11) is 1.68. The summed E-state index contributed by atoms with van der Waals surface area (Å²) in [6.45, 7) is 3.31. The Hall–Kier alpha value is -1.46. The van der Waals surface area contributed by atoms with Gasteiger partial charge in [-0.25, -0.2) is 4.98 Å². The number of nitrogens with zero attached hydrogens (tertiary/aromatic N) is 2. The van der Waals surface area contributed by atoms with Crippen LogP contribution < -0.4 is 0 Å². The van der Waals surface area contributed by atoms with Crippen LogP contribution in [0.3, 0.4) is 0 Å². The smallest absolute Gasteiger partial charge is 0.156 e. The van der Waals surface area contributed by atoms with Gasteiger partial charge in [0.2, 0.25) is 0 Å². The number of aliphatic hydroxyl groups is 1. The largest absolute Gasteiger partial charge is 0.387 e. The summed E-state index contributed by atoms with van der Waals surface area (Å²) in [5, 5.41) is 10.9. The van der Waals surface area contributed by atoms with Crippen molar-refractivity contribution in [3.05, 3.63) is 30.4 Å². The Labute approximate surface area is 179 Å². The number of imidazole rings is 1. The summed E-state index contributed by atoms with van der Waals surface area (Å²) in [6, 6.07) is 0. The number of allylic oxidation sites excluding steroid dienone is 1. The zero-order valence-corrected chi connectivity index (χ0v) is 18.4. The molecular formula is C25H36N2O3. The number of aromatic nitrogens is 2. The first-order chi connectivity index (χ1) is 14.4. The molecule has 0 amide bonds. The molecule has 164 valence electrons. The van der Waals surface area contributed by atoms with Crippen LogP contribution in [0.25, 0.3) is 0 Å². The average Bonchev–Trinajstić information content (AvgIpc) is 3.34. The van der Waals surface area contributed by atoms with Gasteiger partial charge in [0.15, 0.2) is 5.78 Å². The molecule has 5 heteroatoms. The minimum Gasteiger partial charge on any atom is -0.387 e. The normalized spacial score (nSPS) is 42.8. The van der Waals surface area contributed by atoms with E-state index in [0.29, 0.717) is 36.7 Å². The van der Waals surface area contributed by atoms with Crippen LogP contribution in [-0.4, -0.2) is 39.8 Å². The molecular weight excluding hydrogens is 376 g/mol. The van der Waals surface area contributed by atoms with Crippen molar-refractivity contribution in [2.24, 2.45) is 35.0 Å². The number of ether oxygens (including phenoxy) is 1. The van der Waals surface area contributed by atoms with E-state index in [1.807, 2.05) is 10.8 Å². The molecule has 0 aromatic carbocycles. The standard InChI is InChI=1S/C25H36N2O3/c1-24-9-7-19-18-8-10-25(29,15-30-2)13-17(18)3-4-20(19)21(24)5-6-22(24)23(28)14-27-12-11-26-16-27/h3,11-12,16,18-22,29H,4-10,13-15H2,1-2H3. The molecule has 1 N–H and O–H groups in total. The fourth-order valence-corrected chi connectivity index (χ4v) is 7.96. The van der Waals surface area contributed by atoms with Crippen molar-refractivity contribution in [1.82, 2.24) is 9.55 Å². The first kappa shape index (κ1) is 20.4. The molecule has 4 aliphatic carbocycles. The first-order valence-electron chi connectivity index (χ1n) is 11.8.